The Bertz CT molecular complexity index is 1430. The van der Waals surface area contributed by atoms with E-state index in [1.807, 2.05) is 19.3 Å². The summed E-state index contributed by atoms with van der Waals surface area (Å²) in [6.45, 7) is 7.45. The zero-order valence-electron chi connectivity index (χ0n) is 20.7. The van der Waals surface area contributed by atoms with E-state index in [9.17, 15) is 9.18 Å². The van der Waals surface area contributed by atoms with Crippen LogP contribution in [-0.2, 0) is 0 Å². The Balaban J connectivity index is 1.30. The molecule has 2 aliphatic rings. The van der Waals surface area contributed by atoms with Crippen molar-refractivity contribution in [1.82, 2.24) is 29.4 Å². The molecule has 4 aromatic rings. The molecule has 6 rings (SSSR count). The van der Waals surface area contributed by atoms with Crippen molar-refractivity contribution in [3.63, 3.8) is 0 Å². The number of rotatable bonds is 6. The fourth-order valence-electron chi connectivity index (χ4n) is 5.21. The molecule has 0 atom stereocenters. The van der Waals surface area contributed by atoms with Crippen LogP contribution in [0.15, 0.2) is 49.1 Å². The van der Waals surface area contributed by atoms with Gasteiger partial charge in [0.05, 0.1) is 18.0 Å². The topological polar surface area (TPSA) is 67.5 Å². The Morgan fingerprint density at radius 3 is 2.67 bits per heavy atom. The van der Waals surface area contributed by atoms with Gasteiger partial charge < -0.3 is 10.2 Å². The summed E-state index contributed by atoms with van der Waals surface area (Å²) in [4.78, 5) is 19.6. The third-order valence-corrected chi connectivity index (χ3v) is 7.61. The maximum atomic E-state index is 14.6. The van der Waals surface area contributed by atoms with E-state index in [0.29, 0.717) is 5.92 Å². The van der Waals surface area contributed by atoms with Gasteiger partial charge in [-0.2, -0.15) is 5.10 Å². The molecule has 186 valence electrons. The minimum absolute atomic E-state index is 0.0730. The van der Waals surface area contributed by atoms with Crippen molar-refractivity contribution in [2.75, 3.05) is 19.6 Å². The molecule has 1 saturated heterocycles. The van der Waals surface area contributed by atoms with Crippen molar-refractivity contribution in [2.45, 2.75) is 51.5 Å². The average molecular weight is 487 g/mol. The minimum atomic E-state index is -0.499. The van der Waals surface area contributed by atoms with Crippen molar-refractivity contribution in [3.05, 3.63) is 71.6 Å². The Morgan fingerprint density at radius 2 is 1.92 bits per heavy atom. The van der Waals surface area contributed by atoms with E-state index in [-0.39, 0.29) is 17.5 Å². The van der Waals surface area contributed by atoms with Gasteiger partial charge in [0.2, 0.25) is 0 Å². The van der Waals surface area contributed by atoms with Gasteiger partial charge in [0.15, 0.2) is 5.82 Å². The van der Waals surface area contributed by atoms with Crippen LogP contribution in [0.5, 0.6) is 0 Å². The van der Waals surface area contributed by atoms with E-state index in [1.54, 1.807) is 16.9 Å². The molecule has 8 heteroatoms. The van der Waals surface area contributed by atoms with Gasteiger partial charge in [0.1, 0.15) is 11.5 Å². The Hall–Kier alpha value is -3.52. The van der Waals surface area contributed by atoms with Crippen LogP contribution in [0.25, 0.3) is 22.6 Å². The number of carbonyl (C=O) groups is 1. The molecular formula is C28H31FN6O. The smallest absolute Gasteiger partial charge is 0.254 e. The summed E-state index contributed by atoms with van der Waals surface area (Å²) >= 11 is 0. The first-order valence-corrected chi connectivity index (χ1v) is 12.9. The normalized spacial score (nSPS) is 17.1. The second kappa shape index (κ2) is 9.17. The van der Waals surface area contributed by atoms with E-state index >= 15 is 0 Å². The first-order chi connectivity index (χ1) is 17.5. The number of nitrogens with one attached hydrogen (secondary N) is 1. The van der Waals surface area contributed by atoms with E-state index in [4.69, 9.17) is 0 Å². The molecule has 0 spiro atoms. The van der Waals surface area contributed by atoms with Gasteiger partial charge in [0.25, 0.3) is 5.91 Å². The third kappa shape index (κ3) is 4.30. The van der Waals surface area contributed by atoms with Crippen LogP contribution in [0.3, 0.4) is 0 Å². The molecule has 7 nitrogen and oxygen atoms in total. The molecule has 0 radical (unpaired) electrons. The van der Waals surface area contributed by atoms with Gasteiger partial charge in [-0.05, 0) is 93.0 Å². The van der Waals surface area contributed by atoms with Crippen LogP contribution in [0.2, 0.25) is 0 Å². The van der Waals surface area contributed by atoms with Gasteiger partial charge in [-0.3, -0.25) is 9.20 Å². The van der Waals surface area contributed by atoms with E-state index < -0.39 is 5.82 Å². The summed E-state index contributed by atoms with van der Waals surface area (Å²) in [7, 11) is 0. The number of carbonyl (C=O) groups excluding carboxylic acids is 1. The molecule has 4 heterocycles. The Labute approximate surface area is 209 Å². The molecule has 0 unspecified atom stereocenters. The first kappa shape index (κ1) is 22.9. The SMILES string of the molecule is CCN1CCC(c2ccc3ncc(-n4cc(-c5cc(C(=O)NC6CC6)c(F)cc5C)cn4)n3c2)CC1. The summed E-state index contributed by atoms with van der Waals surface area (Å²) < 4.78 is 18.5. The fourth-order valence-corrected chi connectivity index (χ4v) is 5.21. The van der Waals surface area contributed by atoms with E-state index in [0.717, 1.165) is 73.5 Å². The maximum Gasteiger partial charge on any atom is 0.254 e. The van der Waals surface area contributed by atoms with Crippen molar-refractivity contribution >= 4 is 11.6 Å². The zero-order valence-corrected chi connectivity index (χ0v) is 20.7. The monoisotopic (exact) mass is 486 g/mol. The number of pyridine rings is 1. The molecule has 2 fully saturated rings. The summed E-state index contributed by atoms with van der Waals surface area (Å²) in [6.07, 6.45) is 11.9. The van der Waals surface area contributed by atoms with Crippen molar-refractivity contribution < 1.29 is 9.18 Å². The molecule has 1 amide bonds. The molecule has 3 aromatic heterocycles. The van der Waals surface area contributed by atoms with Crippen LogP contribution in [0.4, 0.5) is 4.39 Å². The summed E-state index contributed by atoms with van der Waals surface area (Å²) in [5.41, 5.74) is 4.64. The number of aromatic nitrogens is 4. The molecular weight excluding hydrogens is 455 g/mol. The Morgan fingerprint density at radius 1 is 1.11 bits per heavy atom. The number of hydrogen-bond acceptors (Lipinski definition) is 4. The fraction of sp³-hybridized carbons (Fsp3) is 0.393. The molecule has 1 aliphatic carbocycles. The predicted octanol–water partition coefficient (Wildman–Crippen LogP) is 4.73. The largest absolute Gasteiger partial charge is 0.349 e. The third-order valence-electron chi connectivity index (χ3n) is 7.61. The van der Waals surface area contributed by atoms with Gasteiger partial charge in [-0.15, -0.1) is 0 Å². The maximum absolute atomic E-state index is 14.6. The van der Waals surface area contributed by atoms with Crippen LogP contribution in [-0.4, -0.2) is 55.6 Å². The lowest BCUT2D eigenvalue weighted by molar-refractivity contribution is 0.0947. The van der Waals surface area contributed by atoms with Crippen molar-refractivity contribution in [2.24, 2.45) is 0 Å². The number of imidazole rings is 1. The van der Waals surface area contributed by atoms with E-state index in [1.165, 1.54) is 11.6 Å². The number of halogens is 1. The highest BCUT2D eigenvalue weighted by molar-refractivity contribution is 5.96. The van der Waals surface area contributed by atoms with E-state index in [2.05, 4.69) is 50.0 Å². The van der Waals surface area contributed by atoms with Gasteiger partial charge in [0, 0.05) is 24.0 Å². The van der Waals surface area contributed by atoms with Gasteiger partial charge in [-0.25, -0.2) is 14.1 Å². The van der Waals surface area contributed by atoms with Crippen LogP contribution in [0.1, 0.15) is 60.0 Å². The van der Waals surface area contributed by atoms with Crippen molar-refractivity contribution in [3.8, 4) is 16.9 Å². The number of aryl methyl sites for hydroxylation is 1. The number of amides is 1. The molecule has 1 aliphatic heterocycles. The first-order valence-electron chi connectivity index (χ1n) is 12.9. The molecule has 1 N–H and O–H groups in total. The molecule has 1 saturated carbocycles. The standard InChI is InChI=1S/C28H31FN6O/c1-3-33-10-8-19(9-11-33)20-4-7-26-30-15-27(34(26)16-20)35-17-21(14-31-35)23-13-24(25(29)12-18(23)2)28(36)32-22-5-6-22/h4,7,12-17,19,22H,3,5-6,8-11H2,1-2H3,(H,32,36). The number of piperidine rings is 1. The minimum Gasteiger partial charge on any atom is -0.349 e. The lowest BCUT2D eigenvalue weighted by Gasteiger charge is -2.31. The Kier molecular flexibility index (Phi) is 5.84. The number of likely N-dealkylation sites (tertiary alicyclic amines) is 1. The van der Waals surface area contributed by atoms with Crippen LogP contribution in [0, 0.1) is 12.7 Å². The summed E-state index contributed by atoms with van der Waals surface area (Å²) in [6, 6.07) is 7.51. The number of benzene rings is 1. The van der Waals surface area contributed by atoms with Crippen molar-refractivity contribution in [1.29, 1.82) is 0 Å². The number of fused-ring (bicyclic) bond motifs is 1. The second-order valence-electron chi connectivity index (χ2n) is 10.1. The highest BCUT2D eigenvalue weighted by Crippen LogP contribution is 2.30. The molecule has 1 aromatic carbocycles. The quantitative estimate of drug-likeness (QED) is 0.428. The van der Waals surface area contributed by atoms with Gasteiger partial charge >= 0.3 is 0 Å². The zero-order chi connectivity index (χ0) is 24.8. The second-order valence-corrected chi connectivity index (χ2v) is 10.1. The van der Waals surface area contributed by atoms with Gasteiger partial charge in [-0.1, -0.05) is 13.0 Å². The number of nitrogens with zero attached hydrogens (tertiary/aromatic N) is 5. The van der Waals surface area contributed by atoms with Crippen LogP contribution >= 0.6 is 0 Å². The number of hydrogen-bond donors (Lipinski definition) is 1. The lowest BCUT2D eigenvalue weighted by atomic mass is 9.90. The predicted molar refractivity (Wildman–Crippen MR) is 137 cm³/mol. The summed E-state index contributed by atoms with van der Waals surface area (Å²) in [5.74, 6) is 0.530. The van der Waals surface area contributed by atoms with Crippen LogP contribution < -0.4 is 5.32 Å². The highest BCUT2D eigenvalue weighted by Gasteiger charge is 2.26. The average Bonchev–Trinajstić information content (AvgIpc) is 3.39. The molecule has 36 heavy (non-hydrogen) atoms. The molecule has 0 bridgehead atoms. The lowest BCUT2D eigenvalue weighted by Crippen LogP contribution is -2.32. The highest BCUT2D eigenvalue weighted by atomic mass is 19.1. The summed E-state index contributed by atoms with van der Waals surface area (Å²) in [5, 5.41) is 7.48.